The van der Waals surface area contributed by atoms with Crippen molar-refractivity contribution in [1.29, 1.82) is 0 Å². The van der Waals surface area contributed by atoms with Gasteiger partial charge >= 0.3 is 5.97 Å². The molecule has 2 N–H and O–H groups in total. The van der Waals surface area contributed by atoms with E-state index in [1.54, 1.807) is 12.1 Å². The zero-order chi connectivity index (χ0) is 19.1. The van der Waals surface area contributed by atoms with Gasteiger partial charge in [-0.05, 0) is 42.8 Å². The number of methoxy groups -OCH3 is 1. The van der Waals surface area contributed by atoms with Crippen LogP contribution in [0.15, 0.2) is 42.7 Å². The van der Waals surface area contributed by atoms with Gasteiger partial charge in [0.25, 0.3) is 5.91 Å². The van der Waals surface area contributed by atoms with Crippen molar-refractivity contribution in [2.75, 3.05) is 12.4 Å². The number of hydrogen-bond donors (Lipinski definition) is 2. The summed E-state index contributed by atoms with van der Waals surface area (Å²) in [5.41, 5.74) is 0.886. The number of esters is 1. The summed E-state index contributed by atoms with van der Waals surface area (Å²) in [5.74, 6) is -0.846. The molecule has 1 amide bonds. The molecule has 2 rings (SSSR count). The molecule has 1 aromatic carbocycles. The first-order valence-corrected chi connectivity index (χ1v) is 7.94. The molecule has 0 saturated heterocycles. The average Bonchev–Trinajstić information content (AvgIpc) is 2.60. The average molecular weight is 377 g/mol. The van der Waals surface area contributed by atoms with Gasteiger partial charge in [-0.25, -0.2) is 4.79 Å². The third kappa shape index (κ3) is 5.49. The van der Waals surface area contributed by atoms with E-state index in [9.17, 15) is 14.7 Å². The predicted molar refractivity (Wildman–Crippen MR) is 97.1 cm³/mol. The Morgan fingerprint density at radius 3 is 2.77 bits per heavy atom. The van der Waals surface area contributed by atoms with Gasteiger partial charge in [0.05, 0.1) is 19.0 Å². The van der Waals surface area contributed by atoms with Gasteiger partial charge in [-0.15, -0.1) is 0 Å². The predicted octanol–water partition coefficient (Wildman–Crippen LogP) is 3.03. The molecule has 0 aliphatic carbocycles. The Kier molecular flexibility index (Phi) is 6.57. The normalized spacial score (nSPS) is 11.8. The van der Waals surface area contributed by atoms with Crippen molar-refractivity contribution in [3.05, 3.63) is 53.3 Å². The number of aromatic hydroxyl groups is 1. The third-order valence-corrected chi connectivity index (χ3v) is 3.47. The smallest absolute Gasteiger partial charge is 0.331 e. The van der Waals surface area contributed by atoms with Crippen LogP contribution in [0, 0.1) is 0 Å². The lowest BCUT2D eigenvalue weighted by Crippen LogP contribution is -2.29. The van der Waals surface area contributed by atoms with Gasteiger partial charge < -0.3 is 19.9 Å². The zero-order valence-electron chi connectivity index (χ0n) is 14.1. The fourth-order valence-electron chi connectivity index (χ4n) is 1.98. The number of nitrogens with zero attached hydrogens (tertiary/aromatic N) is 1. The highest BCUT2D eigenvalue weighted by Crippen LogP contribution is 2.27. The molecule has 0 aliphatic heterocycles. The fourth-order valence-corrected chi connectivity index (χ4v) is 2.15. The standard InChI is InChI=1S/C18H17ClN2O5/c1-11(18(24)21-15-8-13(19)4-5-16(15)25-2)26-17(23)6-3-12-7-14(22)10-20-9-12/h3-11,22H,1-2H3,(H,21,24). The molecule has 0 spiro atoms. The number of carbonyl (C=O) groups excluding carboxylic acids is 2. The highest BCUT2D eigenvalue weighted by Gasteiger charge is 2.18. The van der Waals surface area contributed by atoms with Crippen molar-refractivity contribution >= 4 is 35.2 Å². The number of anilines is 1. The number of benzene rings is 1. The quantitative estimate of drug-likeness (QED) is 0.594. The summed E-state index contributed by atoms with van der Waals surface area (Å²) in [6.45, 7) is 1.44. The first-order valence-electron chi connectivity index (χ1n) is 7.56. The van der Waals surface area contributed by atoms with Crippen LogP contribution in [-0.4, -0.2) is 35.2 Å². The van der Waals surface area contributed by atoms with Crippen LogP contribution in [0.5, 0.6) is 11.5 Å². The Balaban J connectivity index is 1.96. The summed E-state index contributed by atoms with van der Waals surface area (Å²) in [6, 6.07) is 6.20. The Morgan fingerprint density at radius 2 is 2.08 bits per heavy atom. The van der Waals surface area contributed by atoms with Crippen molar-refractivity contribution in [2.45, 2.75) is 13.0 Å². The number of carbonyl (C=O) groups is 2. The molecule has 26 heavy (non-hydrogen) atoms. The minimum Gasteiger partial charge on any atom is -0.506 e. The molecular weight excluding hydrogens is 360 g/mol. The number of rotatable bonds is 6. The van der Waals surface area contributed by atoms with E-state index in [1.807, 2.05) is 0 Å². The van der Waals surface area contributed by atoms with E-state index in [0.29, 0.717) is 22.0 Å². The summed E-state index contributed by atoms with van der Waals surface area (Å²) in [5, 5.41) is 12.3. The number of nitrogens with one attached hydrogen (secondary N) is 1. The molecule has 136 valence electrons. The highest BCUT2D eigenvalue weighted by atomic mass is 35.5. The summed E-state index contributed by atoms with van der Waals surface area (Å²) in [4.78, 5) is 27.8. The maximum atomic E-state index is 12.2. The van der Waals surface area contributed by atoms with E-state index < -0.39 is 18.0 Å². The molecule has 1 aromatic heterocycles. The van der Waals surface area contributed by atoms with Crippen LogP contribution in [0.25, 0.3) is 6.08 Å². The van der Waals surface area contributed by atoms with E-state index >= 15 is 0 Å². The SMILES string of the molecule is COc1ccc(Cl)cc1NC(=O)C(C)OC(=O)C=Cc1cncc(O)c1. The summed E-state index contributed by atoms with van der Waals surface area (Å²) in [6.07, 6.45) is 4.25. The minimum atomic E-state index is -1.04. The maximum Gasteiger partial charge on any atom is 0.331 e. The van der Waals surface area contributed by atoms with E-state index in [1.165, 1.54) is 44.6 Å². The Labute approximate surface area is 155 Å². The van der Waals surface area contributed by atoms with Crippen LogP contribution in [0.4, 0.5) is 5.69 Å². The second-order valence-electron chi connectivity index (χ2n) is 5.22. The molecule has 1 unspecified atom stereocenters. The second kappa shape index (κ2) is 8.87. The molecule has 0 bridgehead atoms. The molecule has 8 heteroatoms. The second-order valence-corrected chi connectivity index (χ2v) is 5.66. The van der Waals surface area contributed by atoms with Crippen molar-refractivity contribution in [1.82, 2.24) is 4.98 Å². The monoisotopic (exact) mass is 376 g/mol. The molecule has 0 radical (unpaired) electrons. The molecule has 0 saturated carbocycles. The van der Waals surface area contributed by atoms with Gasteiger partial charge in [-0.1, -0.05) is 11.6 Å². The Hall–Kier alpha value is -3.06. The lowest BCUT2D eigenvalue weighted by atomic mass is 10.2. The minimum absolute atomic E-state index is 0.0243. The summed E-state index contributed by atoms with van der Waals surface area (Å²) in [7, 11) is 1.46. The third-order valence-electron chi connectivity index (χ3n) is 3.24. The van der Waals surface area contributed by atoms with Gasteiger partial charge in [0, 0.05) is 17.3 Å². The van der Waals surface area contributed by atoms with Crippen LogP contribution in [0.2, 0.25) is 5.02 Å². The van der Waals surface area contributed by atoms with Crippen molar-refractivity contribution < 1.29 is 24.2 Å². The topological polar surface area (TPSA) is 97.8 Å². The van der Waals surface area contributed by atoms with Crippen LogP contribution in [0.3, 0.4) is 0 Å². The molecule has 0 aliphatic rings. The number of aromatic nitrogens is 1. The molecule has 1 heterocycles. The largest absolute Gasteiger partial charge is 0.506 e. The lowest BCUT2D eigenvalue weighted by Gasteiger charge is -2.14. The van der Waals surface area contributed by atoms with Gasteiger partial charge in [0.15, 0.2) is 6.10 Å². The van der Waals surface area contributed by atoms with E-state index in [-0.39, 0.29) is 5.75 Å². The fraction of sp³-hybridized carbons (Fsp3) is 0.167. The maximum absolute atomic E-state index is 12.2. The van der Waals surface area contributed by atoms with Crippen LogP contribution in [-0.2, 0) is 14.3 Å². The number of halogens is 1. The molecule has 7 nitrogen and oxygen atoms in total. The Morgan fingerprint density at radius 1 is 1.31 bits per heavy atom. The van der Waals surface area contributed by atoms with Crippen LogP contribution < -0.4 is 10.1 Å². The van der Waals surface area contributed by atoms with Gasteiger partial charge in [-0.3, -0.25) is 9.78 Å². The van der Waals surface area contributed by atoms with E-state index in [0.717, 1.165) is 6.08 Å². The van der Waals surface area contributed by atoms with Gasteiger partial charge in [0.2, 0.25) is 0 Å². The molecule has 2 aromatic rings. The van der Waals surface area contributed by atoms with Crippen molar-refractivity contribution in [3.63, 3.8) is 0 Å². The van der Waals surface area contributed by atoms with Crippen molar-refractivity contribution in [3.8, 4) is 11.5 Å². The zero-order valence-corrected chi connectivity index (χ0v) is 14.9. The van der Waals surface area contributed by atoms with E-state index in [4.69, 9.17) is 21.1 Å². The summed E-state index contributed by atoms with van der Waals surface area (Å²) < 4.78 is 10.2. The molecule has 1 atom stereocenters. The number of amides is 1. The first-order chi connectivity index (χ1) is 12.4. The lowest BCUT2D eigenvalue weighted by molar-refractivity contribution is -0.148. The van der Waals surface area contributed by atoms with Crippen LogP contribution in [0.1, 0.15) is 12.5 Å². The first kappa shape index (κ1) is 19.3. The summed E-state index contributed by atoms with van der Waals surface area (Å²) >= 11 is 5.91. The molecule has 0 fully saturated rings. The number of hydrogen-bond acceptors (Lipinski definition) is 6. The molecular formula is C18H17ClN2O5. The van der Waals surface area contributed by atoms with Crippen molar-refractivity contribution in [2.24, 2.45) is 0 Å². The van der Waals surface area contributed by atoms with Gasteiger partial charge in [0.1, 0.15) is 11.5 Å². The highest BCUT2D eigenvalue weighted by molar-refractivity contribution is 6.31. The van der Waals surface area contributed by atoms with Gasteiger partial charge in [-0.2, -0.15) is 0 Å². The van der Waals surface area contributed by atoms with Crippen LogP contribution >= 0.6 is 11.6 Å². The number of pyridine rings is 1. The van der Waals surface area contributed by atoms with E-state index in [2.05, 4.69) is 10.3 Å². The Bertz CT molecular complexity index is 838. The number of ether oxygens (including phenoxy) is 2.